The van der Waals surface area contributed by atoms with Crippen LogP contribution in [-0.2, 0) is 6.54 Å². The predicted octanol–water partition coefficient (Wildman–Crippen LogP) is 2.98. The minimum Gasteiger partial charge on any atom is -0.496 e. The Bertz CT molecular complexity index is 932. The van der Waals surface area contributed by atoms with Crippen molar-refractivity contribution < 1.29 is 4.74 Å². The fraction of sp³-hybridized carbons (Fsp3) is 0.381. The molecule has 1 saturated heterocycles. The standard InChI is InChI=1S/C21H26N6OS/c1-28-19-11-10-17(27-21(29-2)24-25-26-27)13-16(19)14-23-18-9-6-12-22-20(18)15-7-4-3-5-8-15/h3-5,7-8,10-11,13,18,20,22-23H,6,9,12,14H2,1-2H3/t18-,20-/m1/s1. The maximum Gasteiger partial charge on any atom is 0.213 e. The van der Waals surface area contributed by atoms with Gasteiger partial charge in [-0.25, -0.2) is 0 Å². The van der Waals surface area contributed by atoms with Crippen LogP contribution < -0.4 is 15.4 Å². The van der Waals surface area contributed by atoms with E-state index in [1.54, 1.807) is 11.8 Å². The Hall–Kier alpha value is -2.42. The van der Waals surface area contributed by atoms with Gasteiger partial charge in [-0.2, -0.15) is 4.68 Å². The number of hydrogen-bond acceptors (Lipinski definition) is 7. The number of nitrogens with one attached hydrogen (secondary N) is 2. The van der Waals surface area contributed by atoms with Gasteiger partial charge in [0.1, 0.15) is 5.75 Å². The molecule has 0 bridgehead atoms. The van der Waals surface area contributed by atoms with Crippen molar-refractivity contribution in [3.8, 4) is 11.4 Å². The summed E-state index contributed by atoms with van der Waals surface area (Å²) in [6.45, 7) is 1.76. The fourth-order valence-corrected chi connectivity index (χ4v) is 4.30. The van der Waals surface area contributed by atoms with Crippen LogP contribution in [0.2, 0.25) is 0 Å². The second kappa shape index (κ2) is 9.39. The number of tetrazole rings is 1. The largest absolute Gasteiger partial charge is 0.496 e. The lowest BCUT2D eigenvalue weighted by Gasteiger charge is -2.34. The fourth-order valence-electron chi connectivity index (χ4n) is 3.86. The molecule has 7 nitrogen and oxygen atoms in total. The molecule has 152 valence electrons. The topological polar surface area (TPSA) is 76.9 Å². The van der Waals surface area contributed by atoms with Crippen LogP contribution in [0.1, 0.15) is 30.0 Å². The van der Waals surface area contributed by atoms with Crippen LogP contribution >= 0.6 is 11.8 Å². The van der Waals surface area contributed by atoms with E-state index < -0.39 is 0 Å². The van der Waals surface area contributed by atoms with Gasteiger partial charge < -0.3 is 15.4 Å². The Labute approximate surface area is 175 Å². The zero-order chi connectivity index (χ0) is 20.1. The third-order valence-corrected chi connectivity index (χ3v) is 5.92. The van der Waals surface area contributed by atoms with E-state index in [2.05, 4.69) is 62.6 Å². The third kappa shape index (κ3) is 4.44. The lowest BCUT2D eigenvalue weighted by atomic mass is 9.92. The molecule has 0 radical (unpaired) electrons. The van der Waals surface area contributed by atoms with E-state index in [9.17, 15) is 0 Å². The molecule has 2 N–H and O–H groups in total. The first-order valence-electron chi connectivity index (χ1n) is 9.81. The smallest absolute Gasteiger partial charge is 0.213 e. The van der Waals surface area contributed by atoms with E-state index in [1.807, 2.05) is 18.4 Å². The molecular formula is C21H26N6OS. The van der Waals surface area contributed by atoms with E-state index >= 15 is 0 Å². The van der Waals surface area contributed by atoms with Gasteiger partial charge >= 0.3 is 0 Å². The molecule has 3 aromatic rings. The molecule has 29 heavy (non-hydrogen) atoms. The summed E-state index contributed by atoms with van der Waals surface area (Å²) in [6, 6.07) is 17.4. The molecule has 0 spiro atoms. The van der Waals surface area contributed by atoms with Crippen LogP contribution in [0.3, 0.4) is 0 Å². The summed E-state index contributed by atoms with van der Waals surface area (Å²) in [5.74, 6) is 0.861. The van der Waals surface area contributed by atoms with Crippen LogP contribution in [0.5, 0.6) is 5.75 Å². The van der Waals surface area contributed by atoms with Crippen molar-refractivity contribution in [2.24, 2.45) is 0 Å². The Morgan fingerprint density at radius 3 is 2.90 bits per heavy atom. The number of hydrogen-bond donors (Lipinski definition) is 2. The van der Waals surface area contributed by atoms with Crippen molar-refractivity contribution in [1.29, 1.82) is 0 Å². The third-order valence-electron chi connectivity index (χ3n) is 5.30. The molecule has 0 aliphatic carbocycles. The van der Waals surface area contributed by atoms with E-state index in [0.29, 0.717) is 18.6 Å². The number of thioether (sulfide) groups is 1. The maximum atomic E-state index is 5.60. The molecule has 8 heteroatoms. The van der Waals surface area contributed by atoms with Crippen molar-refractivity contribution in [2.75, 3.05) is 19.9 Å². The lowest BCUT2D eigenvalue weighted by molar-refractivity contribution is 0.303. The van der Waals surface area contributed by atoms with Crippen molar-refractivity contribution >= 4 is 11.8 Å². The number of benzene rings is 2. The average Bonchev–Trinajstić information content (AvgIpc) is 3.27. The second-order valence-corrected chi connectivity index (χ2v) is 7.82. The molecule has 2 atom stereocenters. The molecule has 0 saturated carbocycles. The highest BCUT2D eigenvalue weighted by Gasteiger charge is 2.25. The zero-order valence-electron chi connectivity index (χ0n) is 16.7. The summed E-state index contributed by atoms with van der Waals surface area (Å²) in [5, 5.41) is 20.2. The average molecular weight is 411 g/mol. The number of piperidine rings is 1. The number of nitrogens with zero attached hydrogens (tertiary/aromatic N) is 4. The van der Waals surface area contributed by atoms with Crippen molar-refractivity contribution in [3.63, 3.8) is 0 Å². The minimum atomic E-state index is 0.307. The Morgan fingerprint density at radius 1 is 1.24 bits per heavy atom. The summed E-state index contributed by atoms with van der Waals surface area (Å²) in [7, 11) is 1.71. The van der Waals surface area contributed by atoms with Crippen LogP contribution in [0.15, 0.2) is 53.7 Å². The highest BCUT2D eigenvalue weighted by Crippen LogP contribution is 2.27. The van der Waals surface area contributed by atoms with Gasteiger partial charge in [0, 0.05) is 24.2 Å². The van der Waals surface area contributed by atoms with Gasteiger partial charge in [0.15, 0.2) is 0 Å². The van der Waals surface area contributed by atoms with Crippen LogP contribution in [0.25, 0.3) is 5.69 Å². The molecule has 1 aromatic heterocycles. The minimum absolute atomic E-state index is 0.307. The molecule has 4 rings (SSSR count). The van der Waals surface area contributed by atoms with E-state index in [4.69, 9.17) is 4.74 Å². The number of rotatable bonds is 7. The molecule has 2 heterocycles. The van der Waals surface area contributed by atoms with Crippen LogP contribution in [-0.4, -0.2) is 46.2 Å². The first-order chi connectivity index (χ1) is 14.3. The van der Waals surface area contributed by atoms with Gasteiger partial charge in [-0.1, -0.05) is 42.1 Å². The number of ether oxygens (including phenoxy) is 1. The van der Waals surface area contributed by atoms with Crippen molar-refractivity contribution in [1.82, 2.24) is 30.8 Å². The SMILES string of the molecule is COc1ccc(-n2nnnc2SC)cc1CN[C@@H]1CCCN[C@@H]1c1ccccc1. The first kappa shape index (κ1) is 19.9. The van der Waals surface area contributed by atoms with Gasteiger partial charge in [-0.3, -0.25) is 0 Å². The summed E-state index contributed by atoms with van der Waals surface area (Å²) < 4.78 is 7.36. The number of aromatic nitrogens is 4. The van der Waals surface area contributed by atoms with Gasteiger partial charge in [0.2, 0.25) is 5.16 Å². The van der Waals surface area contributed by atoms with Gasteiger partial charge in [-0.05, 0) is 59.8 Å². The van der Waals surface area contributed by atoms with Crippen LogP contribution in [0.4, 0.5) is 0 Å². The maximum absolute atomic E-state index is 5.60. The second-order valence-electron chi connectivity index (χ2n) is 7.05. The Kier molecular flexibility index (Phi) is 6.43. The molecular weight excluding hydrogens is 384 g/mol. The monoisotopic (exact) mass is 410 g/mol. The summed E-state index contributed by atoms with van der Waals surface area (Å²) in [5.41, 5.74) is 3.34. The summed E-state index contributed by atoms with van der Waals surface area (Å²) >= 11 is 1.52. The predicted molar refractivity (Wildman–Crippen MR) is 115 cm³/mol. The van der Waals surface area contributed by atoms with Gasteiger partial charge in [0.05, 0.1) is 12.8 Å². The molecule has 1 aliphatic rings. The van der Waals surface area contributed by atoms with Crippen molar-refractivity contribution in [3.05, 3.63) is 59.7 Å². The molecule has 2 aromatic carbocycles. The number of methoxy groups -OCH3 is 1. The van der Waals surface area contributed by atoms with E-state index in [-0.39, 0.29) is 0 Å². The van der Waals surface area contributed by atoms with Gasteiger partial charge in [0.25, 0.3) is 0 Å². The van der Waals surface area contributed by atoms with Crippen molar-refractivity contribution in [2.45, 2.75) is 36.6 Å². The molecule has 0 unspecified atom stereocenters. The normalized spacial score (nSPS) is 19.2. The first-order valence-corrected chi connectivity index (χ1v) is 11.0. The van der Waals surface area contributed by atoms with E-state index in [0.717, 1.165) is 35.1 Å². The Balaban J connectivity index is 1.54. The molecule has 0 amide bonds. The van der Waals surface area contributed by atoms with Gasteiger partial charge in [-0.15, -0.1) is 5.10 Å². The quantitative estimate of drug-likeness (QED) is 0.580. The summed E-state index contributed by atoms with van der Waals surface area (Å²) in [4.78, 5) is 0. The summed E-state index contributed by atoms with van der Waals surface area (Å²) in [6.07, 6.45) is 4.27. The lowest BCUT2D eigenvalue weighted by Crippen LogP contribution is -2.45. The van der Waals surface area contributed by atoms with Crippen LogP contribution in [0, 0.1) is 0 Å². The zero-order valence-corrected chi connectivity index (χ0v) is 17.5. The van der Waals surface area contributed by atoms with E-state index in [1.165, 1.54) is 23.7 Å². The highest BCUT2D eigenvalue weighted by molar-refractivity contribution is 7.98. The Morgan fingerprint density at radius 2 is 2.10 bits per heavy atom. The highest BCUT2D eigenvalue weighted by atomic mass is 32.2. The molecule has 1 fully saturated rings. The molecule has 1 aliphatic heterocycles.